The molecular weight excluding hydrogens is 294 g/mol. The molecule has 3 rings (SSSR count). The average molecular weight is 313 g/mol. The Kier molecular flexibility index (Phi) is 4.14. The largest absolute Gasteiger partial charge is 0.494 e. The van der Waals surface area contributed by atoms with Gasteiger partial charge < -0.3 is 15.0 Å². The topological polar surface area (TPSA) is 84.1 Å². The van der Waals surface area contributed by atoms with Crippen molar-refractivity contribution >= 4 is 11.7 Å². The number of aryl methyl sites for hydroxylation is 1. The number of hydrogen-bond donors (Lipinski definition) is 2. The average Bonchev–Trinajstić information content (AvgIpc) is 2.52. The van der Waals surface area contributed by atoms with Crippen molar-refractivity contribution in [3.05, 3.63) is 51.6 Å². The van der Waals surface area contributed by atoms with Crippen molar-refractivity contribution in [1.29, 1.82) is 0 Å². The monoisotopic (exact) mass is 313 g/mol. The first-order valence-corrected chi connectivity index (χ1v) is 7.72. The van der Waals surface area contributed by atoms with E-state index in [1.165, 1.54) is 0 Å². The molecule has 0 radical (unpaired) electrons. The molecule has 1 amide bonds. The highest BCUT2D eigenvalue weighted by Gasteiger charge is 2.30. The fraction of sp³-hybridized carbons (Fsp3) is 0.353. The minimum absolute atomic E-state index is 0.133. The lowest BCUT2D eigenvalue weighted by molar-refractivity contribution is -0.116. The number of nitrogens with one attached hydrogen (secondary N) is 2. The van der Waals surface area contributed by atoms with Gasteiger partial charge in [-0.2, -0.15) is 0 Å². The van der Waals surface area contributed by atoms with Gasteiger partial charge in [0.2, 0.25) is 5.91 Å². The first-order chi connectivity index (χ1) is 11.1. The summed E-state index contributed by atoms with van der Waals surface area (Å²) in [6.45, 7) is 4.40. The molecule has 0 spiro atoms. The maximum absolute atomic E-state index is 12.3. The molecule has 1 aliphatic heterocycles. The Morgan fingerprint density at radius 2 is 2.00 bits per heavy atom. The molecule has 6 heteroatoms. The summed E-state index contributed by atoms with van der Waals surface area (Å²) in [6.07, 6.45) is 1.17. The van der Waals surface area contributed by atoms with Crippen molar-refractivity contribution in [1.82, 2.24) is 9.97 Å². The van der Waals surface area contributed by atoms with E-state index in [1.807, 2.05) is 31.2 Å². The number of H-pyrrole nitrogens is 1. The van der Waals surface area contributed by atoms with Gasteiger partial charge in [-0.25, -0.2) is 4.98 Å². The summed E-state index contributed by atoms with van der Waals surface area (Å²) >= 11 is 0. The Hall–Kier alpha value is -2.63. The standard InChI is InChI=1S/C17H19N3O3/c1-3-8-23-12-6-4-11(5-7-12)13-9-14(21)20-16-15(13)17(22)19-10(2)18-16/h4-7,13H,3,8-9H2,1-2H3,(H2,18,19,20,21,22)/t13-/m0/s1. The quantitative estimate of drug-likeness (QED) is 0.907. The number of aromatic amines is 1. The number of nitrogens with zero attached hydrogens (tertiary/aromatic N) is 1. The van der Waals surface area contributed by atoms with Gasteiger partial charge in [0.15, 0.2) is 0 Å². The van der Waals surface area contributed by atoms with Gasteiger partial charge in [-0.3, -0.25) is 9.59 Å². The summed E-state index contributed by atoms with van der Waals surface area (Å²) in [5, 5.41) is 2.69. The molecule has 0 saturated heterocycles. The zero-order chi connectivity index (χ0) is 16.4. The summed E-state index contributed by atoms with van der Waals surface area (Å²) in [5.41, 5.74) is 1.21. The number of fused-ring (bicyclic) bond motifs is 1. The van der Waals surface area contributed by atoms with E-state index >= 15 is 0 Å². The van der Waals surface area contributed by atoms with Gasteiger partial charge >= 0.3 is 0 Å². The second-order valence-corrected chi connectivity index (χ2v) is 5.64. The number of benzene rings is 1. The fourth-order valence-electron chi connectivity index (χ4n) is 2.78. The Morgan fingerprint density at radius 1 is 1.26 bits per heavy atom. The van der Waals surface area contributed by atoms with Crippen molar-refractivity contribution < 1.29 is 9.53 Å². The molecule has 1 aliphatic rings. The highest BCUT2D eigenvalue weighted by Crippen LogP contribution is 2.34. The van der Waals surface area contributed by atoms with Crippen LogP contribution in [0.25, 0.3) is 0 Å². The number of ether oxygens (including phenoxy) is 1. The third kappa shape index (κ3) is 3.11. The predicted molar refractivity (Wildman–Crippen MR) is 86.9 cm³/mol. The maximum atomic E-state index is 12.3. The van der Waals surface area contributed by atoms with Crippen LogP contribution in [0.15, 0.2) is 29.1 Å². The van der Waals surface area contributed by atoms with E-state index in [9.17, 15) is 9.59 Å². The SMILES string of the molecule is CCCOc1ccc([C@@H]2CC(=O)Nc3nc(C)[nH]c(=O)c32)cc1. The minimum atomic E-state index is -0.296. The van der Waals surface area contributed by atoms with Gasteiger partial charge in [-0.05, 0) is 31.0 Å². The minimum Gasteiger partial charge on any atom is -0.494 e. The van der Waals surface area contributed by atoms with E-state index in [0.29, 0.717) is 23.8 Å². The van der Waals surface area contributed by atoms with E-state index in [0.717, 1.165) is 17.7 Å². The molecule has 0 aliphatic carbocycles. The van der Waals surface area contributed by atoms with E-state index in [-0.39, 0.29) is 23.8 Å². The summed E-state index contributed by atoms with van der Waals surface area (Å²) in [5.74, 6) is 1.20. The summed E-state index contributed by atoms with van der Waals surface area (Å²) in [4.78, 5) is 31.2. The van der Waals surface area contributed by atoms with Gasteiger partial charge in [0.25, 0.3) is 5.56 Å². The molecule has 1 aromatic heterocycles. The molecule has 23 heavy (non-hydrogen) atoms. The number of aromatic nitrogens is 2. The first-order valence-electron chi connectivity index (χ1n) is 7.72. The highest BCUT2D eigenvalue weighted by atomic mass is 16.5. The third-order valence-electron chi connectivity index (χ3n) is 3.82. The fourth-order valence-corrected chi connectivity index (χ4v) is 2.78. The van der Waals surface area contributed by atoms with E-state index < -0.39 is 0 Å². The molecule has 0 fully saturated rings. The lowest BCUT2D eigenvalue weighted by Gasteiger charge is -2.24. The second kappa shape index (κ2) is 6.24. The molecule has 120 valence electrons. The Balaban J connectivity index is 1.98. The molecule has 0 saturated carbocycles. The van der Waals surface area contributed by atoms with Crippen LogP contribution in [0.1, 0.15) is 42.6 Å². The number of hydrogen-bond acceptors (Lipinski definition) is 4. The lowest BCUT2D eigenvalue weighted by atomic mass is 9.87. The van der Waals surface area contributed by atoms with Gasteiger partial charge in [-0.1, -0.05) is 19.1 Å². The molecule has 1 aromatic carbocycles. The van der Waals surface area contributed by atoms with Crippen LogP contribution < -0.4 is 15.6 Å². The van der Waals surface area contributed by atoms with E-state index in [2.05, 4.69) is 15.3 Å². The van der Waals surface area contributed by atoms with Gasteiger partial charge in [0, 0.05) is 12.3 Å². The molecular formula is C17H19N3O3. The van der Waals surface area contributed by atoms with Crippen molar-refractivity contribution in [3.63, 3.8) is 0 Å². The van der Waals surface area contributed by atoms with Gasteiger partial charge in [-0.15, -0.1) is 0 Å². The van der Waals surface area contributed by atoms with Gasteiger partial charge in [0.05, 0.1) is 12.2 Å². The number of amides is 1. The van der Waals surface area contributed by atoms with Crippen LogP contribution in [0.5, 0.6) is 5.75 Å². The van der Waals surface area contributed by atoms with Crippen LogP contribution in [0.2, 0.25) is 0 Å². The Bertz CT molecular complexity index is 781. The van der Waals surface area contributed by atoms with Gasteiger partial charge in [0.1, 0.15) is 17.4 Å². The van der Waals surface area contributed by atoms with Crippen molar-refractivity contribution in [2.75, 3.05) is 11.9 Å². The summed E-state index contributed by atoms with van der Waals surface area (Å²) < 4.78 is 5.57. The van der Waals surface area contributed by atoms with Crippen LogP contribution in [0.4, 0.5) is 5.82 Å². The van der Waals surface area contributed by atoms with E-state index in [4.69, 9.17) is 4.74 Å². The van der Waals surface area contributed by atoms with Crippen LogP contribution in [-0.2, 0) is 4.79 Å². The maximum Gasteiger partial charge on any atom is 0.256 e. The van der Waals surface area contributed by atoms with Crippen LogP contribution in [0, 0.1) is 6.92 Å². The van der Waals surface area contributed by atoms with Crippen LogP contribution in [-0.4, -0.2) is 22.5 Å². The normalized spacial score (nSPS) is 16.6. The number of carbonyl (C=O) groups is 1. The number of anilines is 1. The highest BCUT2D eigenvalue weighted by molar-refractivity contribution is 5.94. The summed E-state index contributed by atoms with van der Waals surface area (Å²) in [6, 6.07) is 7.54. The van der Waals surface area contributed by atoms with Crippen molar-refractivity contribution in [2.24, 2.45) is 0 Å². The first kappa shape index (κ1) is 15.3. The molecule has 0 bridgehead atoms. The predicted octanol–water partition coefficient (Wildman–Crippen LogP) is 2.34. The third-order valence-corrected chi connectivity index (χ3v) is 3.82. The zero-order valence-electron chi connectivity index (χ0n) is 13.2. The molecule has 6 nitrogen and oxygen atoms in total. The molecule has 0 unspecified atom stereocenters. The summed E-state index contributed by atoms with van der Waals surface area (Å²) in [7, 11) is 0. The zero-order valence-corrected chi connectivity index (χ0v) is 13.2. The molecule has 2 aromatic rings. The van der Waals surface area contributed by atoms with Crippen LogP contribution >= 0.6 is 0 Å². The molecule has 2 heterocycles. The second-order valence-electron chi connectivity index (χ2n) is 5.64. The van der Waals surface area contributed by atoms with Crippen molar-refractivity contribution in [3.8, 4) is 5.75 Å². The Morgan fingerprint density at radius 3 is 2.70 bits per heavy atom. The van der Waals surface area contributed by atoms with Crippen molar-refractivity contribution in [2.45, 2.75) is 32.6 Å². The molecule has 1 atom stereocenters. The molecule has 2 N–H and O–H groups in total. The smallest absolute Gasteiger partial charge is 0.256 e. The van der Waals surface area contributed by atoms with E-state index in [1.54, 1.807) is 6.92 Å². The Labute approximate surface area is 133 Å². The number of carbonyl (C=O) groups excluding carboxylic acids is 1. The lowest BCUT2D eigenvalue weighted by Crippen LogP contribution is -2.31. The van der Waals surface area contributed by atoms with Crippen LogP contribution in [0.3, 0.4) is 0 Å². The number of rotatable bonds is 4.